The highest BCUT2D eigenvalue weighted by Crippen LogP contribution is 2.30. The zero-order valence-corrected chi connectivity index (χ0v) is 17.1. The first kappa shape index (κ1) is 19.3. The molecule has 0 bridgehead atoms. The Balaban J connectivity index is 1.63. The van der Waals surface area contributed by atoms with E-state index in [4.69, 9.17) is 9.68 Å². The smallest absolute Gasteiger partial charge is 0.185 e. The van der Waals surface area contributed by atoms with E-state index in [0.29, 0.717) is 11.5 Å². The summed E-state index contributed by atoms with van der Waals surface area (Å²) in [6, 6.07) is 17.8. The van der Waals surface area contributed by atoms with Crippen LogP contribution in [-0.4, -0.2) is 27.8 Å². The zero-order valence-electron chi connectivity index (χ0n) is 16.3. The summed E-state index contributed by atoms with van der Waals surface area (Å²) < 4.78 is 29.0. The van der Waals surface area contributed by atoms with E-state index in [-0.39, 0.29) is 4.91 Å². The van der Waals surface area contributed by atoms with Gasteiger partial charge in [-0.05, 0) is 60.4 Å². The lowest BCUT2D eigenvalue weighted by Gasteiger charge is -2.29. The molecule has 3 aromatic rings. The standard InChI is InChI=1S/C23H22N2O3S/c1-29(26,27)22(16-24)15-21-9-10-23(28-21)19-6-5-18-14-20(8-7-17(18)13-19)25-11-3-2-4-12-25/h5-10,13-15H,2-4,11-12H2,1H3/b22-15+. The Morgan fingerprint density at radius 1 is 1.03 bits per heavy atom. The van der Waals surface area contributed by atoms with Gasteiger partial charge in [-0.15, -0.1) is 0 Å². The highest BCUT2D eigenvalue weighted by atomic mass is 32.2. The second-order valence-electron chi connectivity index (χ2n) is 7.39. The van der Waals surface area contributed by atoms with Crippen LogP contribution in [0.4, 0.5) is 5.69 Å². The van der Waals surface area contributed by atoms with Crippen molar-refractivity contribution in [1.82, 2.24) is 0 Å². The quantitative estimate of drug-likeness (QED) is 0.570. The Labute approximate surface area is 170 Å². The topological polar surface area (TPSA) is 74.3 Å². The predicted octanol–water partition coefficient (Wildman–Crippen LogP) is 5.00. The van der Waals surface area contributed by atoms with Gasteiger partial charge in [-0.25, -0.2) is 8.42 Å². The molecule has 1 aliphatic heterocycles. The molecular weight excluding hydrogens is 384 g/mol. The first-order valence-corrected chi connectivity index (χ1v) is 11.5. The second kappa shape index (κ2) is 7.76. The number of hydrogen-bond donors (Lipinski definition) is 0. The first-order chi connectivity index (χ1) is 13.9. The molecule has 5 nitrogen and oxygen atoms in total. The largest absolute Gasteiger partial charge is 0.457 e. The van der Waals surface area contributed by atoms with E-state index >= 15 is 0 Å². The zero-order chi connectivity index (χ0) is 20.4. The van der Waals surface area contributed by atoms with Crippen LogP contribution in [-0.2, 0) is 9.84 Å². The fourth-order valence-electron chi connectivity index (χ4n) is 3.67. The van der Waals surface area contributed by atoms with Crippen molar-refractivity contribution in [3.8, 4) is 17.4 Å². The molecule has 2 aromatic carbocycles. The fraction of sp³-hybridized carbons (Fsp3) is 0.261. The molecule has 0 radical (unpaired) electrons. The summed E-state index contributed by atoms with van der Waals surface area (Å²) in [6.07, 6.45) is 6.07. The highest BCUT2D eigenvalue weighted by molar-refractivity contribution is 7.95. The van der Waals surface area contributed by atoms with Crippen LogP contribution in [0.1, 0.15) is 25.0 Å². The summed E-state index contributed by atoms with van der Waals surface area (Å²) >= 11 is 0. The van der Waals surface area contributed by atoms with Crippen LogP contribution in [0.5, 0.6) is 0 Å². The number of hydrogen-bond acceptors (Lipinski definition) is 5. The molecule has 0 saturated carbocycles. The Morgan fingerprint density at radius 3 is 2.48 bits per heavy atom. The average Bonchev–Trinajstić information content (AvgIpc) is 3.20. The van der Waals surface area contributed by atoms with Gasteiger partial charge < -0.3 is 9.32 Å². The van der Waals surface area contributed by atoms with Crippen molar-refractivity contribution in [2.45, 2.75) is 19.3 Å². The molecule has 6 heteroatoms. The van der Waals surface area contributed by atoms with Crippen LogP contribution < -0.4 is 4.90 Å². The Hall–Kier alpha value is -3.04. The van der Waals surface area contributed by atoms with Gasteiger partial charge in [-0.1, -0.05) is 18.2 Å². The number of benzene rings is 2. The molecule has 148 valence electrons. The number of fused-ring (bicyclic) bond motifs is 1. The first-order valence-electron chi connectivity index (χ1n) is 9.65. The van der Waals surface area contributed by atoms with Crippen molar-refractivity contribution < 1.29 is 12.8 Å². The van der Waals surface area contributed by atoms with Gasteiger partial charge >= 0.3 is 0 Å². The maximum Gasteiger partial charge on any atom is 0.185 e. The van der Waals surface area contributed by atoms with Gasteiger partial charge in [0.2, 0.25) is 0 Å². The molecule has 1 saturated heterocycles. The van der Waals surface area contributed by atoms with E-state index in [1.807, 2.05) is 6.07 Å². The lowest BCUT2D eigenvalue weighted by Crippen LogP contribution is -2.29. The van der Waals surface area contributed by atoms with Gasteiger partial charge in [0.05, 0.1) is 0 Å². The van der Waals surface area contributed by atoms with E-state index < -0.39 is 9.84 Å². The number of anilines is 1. The Bertz CT molecular complexity index is 1230. The molecule has 0 spiro atoms. The molecule has 2 heterocycles. The SMILES string of the molecule is CS(=O)(=O)/C(C#N)=C/c1ccc(-c2ccc3cc(N4CCCCC4)ccc3c2)o1. The number of nitrogens with zero attached hydrogens (tertiary/aromatic N) is 2. The Morgan fingerprint density at radius 2 is 1.76 bits per heavy atom. The van der Waals surface area contributed by atoms with Gasteiger partial charge in [0.15, 0.2) is 9.84 Å². The van der Waals surface area contributed by atoms with Crippen molar-refractivity contribution in [3.63, 3.8) is 0 Å². The minimum absolute atomic E-state index is 0.317. The summed E-state index contributed by atoms with van der Waals surface area (Å²) in [5, 5.41) is 11.3. The third kappa shape index (κ3) is 4.20. The number of sulfone groups is 1. The van der Waals surface area contributed by atoms with Gasteiger partial charge in [0.1, 0.15) is 22.5 Å². The van der Waals surface area contributed by atoms with Gasteiger partial charge in [-0.3, -0.25) is 0 Å². The number of furan rings is 1. The third-order valence-electron chi connectivity index (χ3n) is 5.24. The number of piperidine rings is 1. The number of nitriles is 1. The van der Waals surface area contributed by atoms with Gasteiger partial charge in [-0.2, -0.15) is 5.26 Å². The molecule has 0 amide bonds. The Kier molecular flexibility index (Phi) is 5.16. The van der Waals surface area contributed by atoms with Crippen molar-refractivity contribution in [1.29, 1.82) is 5.26 Å². The van der Waals surface area contributed by atoms with Crippen molar-refractivity contribution in [2.24, 2.45) is 0 Å². The summed E-state index contributed by atoms with van der Waals surface area (Å²) in [5.41, 5.74) is 2.17. The molecule has 0 unspecified atom stereocenters. The molecule has 0 aliphatic carbocycles. The van der Waals surface area contributed by atoms with Crippen LogP contribution >= 0.6 is 0 Å². The molecule has 1 aromatic heterocycles. The summed E-state index contributed by atoms with van der Waals surface area (Å²) in [6.45, 7) is 2.23. The van der Waals surface area contributed by atoms with Crippen LogP contribution in [0.2, 0.25) is 0 Å². The monoisotopic (exact) mass is 406 g/mol. The average molecular weight is 407 g/mol. The third-order valence-corrected chi connectivity index (χ3v) is 6.25. The number of allylic oxidation sites excluding steroid dienone is 1. The molecule has 0 N–H and O–H groups in total. The van der Waals surface area contributed by atoms with E-state index in [2.05, 4.69) is 35.2 Å². The van der Waals surface area contributed by atoms with Gasteiger partial charge in [0, 0.05) is 36.7 Å². The molecule has 1 aliphatic rings. The summed E-state index contributed by atoms with van der Waals surface area (Å²) in [4.78, 5) is 2.12. The van der Waals surface area contributed by atoms with E-state index in [1.54, 1.807) is 18.2 Å². The van der Waals surface area contributed by atoms with E-state index in [1.165, 1.54) is 36.4 Å². The molecular formula is C23H22N2O3S. The molecule has 1 fully saturated rings. The van der Waals surface area contributed by atoms with Crippen molar-refractivity contribution >= 4 is 32.4 Å². The maximum absolute atomic E-state index is 11.6. The minimum Gasteiger partial charge on any atom is -0.457 e. The van der Waals surface area contributed by atoms with E-state index in [9.17, 15) is 8.42 Å². The minimum atomic E-state index is -3.57. The highest BCUT2D eigenvalue weighted by Gasteiger charge is 2.14. The second-order valence-corrected chi connectivity index (χ2v) is 9.37. The van der Waals surface area contributed by atoms with Crippen LogP contribution in [0.25, 0.3) is 28.2 Å². The van der Waals surface area contributed by atoms with Crippen LogP contribution in [0.3, 0.4) is 0 Å². The predicted molar refractivity (Wildman–Crippen MR) is 116 cm³/mol. The van der Waals surface area contributed by atoms with Crippen LogP contribution in [0.15, 0.2) is 57.9 Å². The van der Waals surface area contributed by atoms with E-state index in [0.717, 1.165) is 30.3 Å². The summed E-state index contributed by atoms with van der Waals surface area (Å²) in [7, 11) is -3.57. The number of rotatable bonds is 4. The maximum atomic E-state index is 11.6. The normalized spacial score (nSPS) is 15.4. The summed E-state index contributed by atoms with van der Waals surface area (Å²) in [5.74, 6) is 0.964. The van der Waals surface area contributed by atoms with Crippen LogP contribution in [0, 0.1) is 11.3 Å². The molecule has 29 heavy (non-hydrogen) atoms. The lowest BCUT2D eigenvalue weighted by atomic mass is 10.0. The van der Waals surface area contributed by atoms with Crippen molar-refractivity contribution in [2.75, 3.05) is 24.2 Å². The van der Waals surface area contributed by atoms with Crippen molar-refractivity contribution in [3.05, 3.63) is 59.2 Å². The van der Waals surface area contributed by atoms with Gasteiger partial charge in [0.25, 0.3) is 0 Å². The molecule has 0 atom stereocenters. The lowest BCUT2D eigenvalue weighted by molar-refractivity contribution is 0.571. The molecule has 4 rings (SSSR count). The fourth-order valence-corrected chi connectivity index (χ4v) is 4.17.